The molecule has 1 fully saturated rings. The Bertz CT molecular complexity index is 668. The lowest BCUT2D eigenvalue weighted by molar-refractivity contribution is 0.0736. The van der Waals surface area contributed by atoms with Gasteiger partial charge in [-0.3, -0.25) is 4.79 Å². The standard InChI is InChI=1S/C17H19ClN2O2/c18-16-6-2-1-4-12(16)8-14-5-3-7-20(14)17(21)13-9-15(10-19)22-11-13/h1-2,4,6,9,11,14H,3,5,7-8,10,19H2. The third-order valence-corrected chi connectivity index (χ3v) is 4.52. The van der Waals surface area contributed by atoms with Crippen LogP contribution in [0.4, 0.5) is 0 Å². The minimum absolute atomic E-state index is 0.0120. The molecule has 0 saturated carbocycles. The fraction of sp³-hybridized carbons (Fsp3) is 0.353. The molecule has 1 amide bonds. The van der Waals surface area contributed by atoms with Crippen molar-refractivity contribution < 1.29 is 9.21 Å². The van der Waals surface area contributed by atoms with Gasteiger partial charge in [-0.05, 0) is 37.0 Å². The van der Waals surface area contributed by atoms with E-state index < -0.39 is 0 Å². The molecule has 2 aromatic rings. The summed E-state index contributed by atoms with van der Waals surface area (Å²) in [7, 11) is 0. The van der Waals surface area contributed by atoms with Crippen LogP contribution in [0.3, 0.4) is 0 Å². The van der Waals surface area contributed by atoms with Gasteiger partial charge in [-0.1, -0.05) is 29.8 Å². The first-order valence-electron chi connectivity index (χ1n) is 7.51. The topological polar surface area (TPSA) is 59.5 Å². The molecule has 1 aromatic carbocycles. The van der Waals surface area contributed by atoms with Gasteiger partial charge in [-0.2, -0.15) is 0 Å². The van der Waals surface area contributed by atoms with E-state index in [0.717, 1.165) is 36.4 Å². The monoisotopic (exact) mass is 318 g/mol. The van der Waals surface area contributed by atoms with Gasteiger partial charge in [-0.15, -0.1) is 0 Å². The van der Waals surface area contributed by atoms with Gasteiger partial charge in [0.1, 0.15) is 12.0 Å². The van der Waals surface area contributed by atoms with Crippen LogP contribution in [0.2, 0.25) is 5.02 Å². The van der Waals surface area contributed by atoms with Crippen molar-refractivity contribution in [2.45, 2.75) is 31.8 Å². The fourth-order valence-electron chi connectivity index (χ4n) is 3.00. The van der Waals surface area contributed by atoms with Gasteiger partial charge in [0.2, 0.25) is 0 Å². The highest BCUT2D eigenvalue weighted by molar-refractivity contribution is 6.31. The van der Waals surface area contributed by atoms with E-state index >= 15 is 0 Å². The Hall–Kier alpha value is -1.78. The van der Waals surface area contributed by atoms with Crippen molar-refractivity contribution in [1.82, 2.24) is 4.90 Å². The van der Waals surface area contributed by atoms with Crippen LogP contribution in [-0.4, -0.2) is 23.4 Å². The molecule has 116 valence electrons. The van der Waals surface area contributed by atoms with Crippen molar-refractivity contribution in [3.63, 3.8) is 0 Å². The maximum Gasteiger partial charge on any atom is 0.257 e. The van der Waals surface area contributed by atoms with Crippen LogP contribution in [-0.2, 0) is 13.0 Å². The lowest BCUT2D eigenvalue weighted by Crippen LogP contribution is -2.36. The Morgan fingerprint density at radius 3 is 2.95 bits per heavy atom. The number of hydrogen-bond donors (Lipinski definition) is 1. The molecule has 1 atom stereocenters. The van der Waals surface area contributed by atoms with Crippen LogP contribution in [0.15, 0.2) is 41.0 Å². The summed E-state index contributed by atoms with van der Waals surface area (Å²) in [5.41, 5.74) is 7.19. The quantitative estimate of drug-likeness (QED) is 0.941. The van der Waals surface area contributed by atoms with Crippen molar-refractivity contribution in [2.75, 3.05) is 6.54 Å². The van der Waals surface area contributed by atoms with Crippen molar-refractivity contribution in [3.05, 3.63) is 58.5 Å². The largest absolute Gasteiger partial charge is 0.467 e. The molecule has 1 unspecified atom stereocenters. The van der Waals surface area contributed by atoms with E-state index in [1.807, 2.05) is 29.2 Å². The molecule has 0 spiro atoms. The zero-order valence-electron chi connectivity index (χ0n) is 12.3. The van der Waals surface area contributed by atoms with E-state index in [0.29, 0.717) is 17.9 Å². The maximum absolute atomic E-state index is 12.7. The molecule has 0 bridgehead atoms. The number of halogens is 1. The second kappa shape index (κ2) is 6.55. The summed E-state index contributed by atoms with van der Waals surface area (Å²) in [5.74, 6) is 0.642. The van der Waals surface area contributed by atoms with Crippen molar-refractivity contribution in [1.29, 1.82) is 0 Å². The molecule has 22 heavy (non-hydrogen) atoms. The molecule has 0 aliphatic carbocycles. The van der Waals surface area contributed by atoms with Gasteiger partial charge in [0.15, 0.2) is 0 Å². The third-order valence-electron chi connectivity index (χ3n) is 4.15. The van der Waals surface area contributed by atoms with E-state index in [1.54, 1.807) is 6.07 Å². The Balaban J connectivity index is 1.75. The molecular weight excluding hydrogens is 300 g/mol. The Morgan fingerprint density at radius 2 is 2.23 bits per heavy atom. The predicted molar refractivity (Wildman–Crippen MR) is 85.8 cm³/mol. The molecule has 2 heterocycles. The van der Waals surface area contributed by atoms with Gasteiger partial charge < -0.3 is 15.1 Å². The highest BCUT2D eigenvalue weighted by atomic mass is 35.5. The number of furan rings is 1. The van der Waals surface area contributed by atoms with Crippen molar-refractivity contribution in [3.8, 4) is 0 Å². The number of carbonyl (C=O) groups is 1. The summed E-state index contributed by atoms with van der Waals surface area (Å²) < 4.78 is 5.27. The number of nitrogens with two attached hydrogens (primary N) is 1. The second-order valence-electron chi connectivity index (χ2n) is 5.60. The molecule has 1 aliphatic heterocycles. The van der Waals surface area contributed by atoms with Crippen molar-refractivity contribution >= 4 is 17.5 Å². The molecule has 1 aromatic heterocycles. The van der Waals surface area contributed by atoms with E-state index in [2.05, 4.69) is 0 Å². The van der Waals surface area contributed by atoms with Gasteiger partial charge in [0.05, 0.1) is 12.1 Å². The molecule has 4 nitrogen and oxygen atoms in total. The average Bonchev–Trinajstić information content (AvgIpc) is 3.18. The molecule has 5 heteroatoms. The number of likely N-dealkylation sites (tertiary alicyclic amines) is 1. The number of benzene rings is 1. The molecule has 0 radical (unpaired) electrons. The fourth-order valence-corrected chi connectivity index (χ4v) is 3.21. The zero-order valence-corrected chi connectivity index (χ0v) is 13.1. The Kier molecular flexibility index (Phi) is 4.50. The SMILES string of the molecule is NCc1cc(C(=O)N2CCCC2Cc2ccccc2Cl)co1. The van der Waals surface area contributed by atoms with E-state index in [4.69, 9.17) is 21.8 Å². The lowest BCUT2D eigenvalue weighted by Gasteiger charge is -2.24. The minimum Gasteiger partial charge on any atom is -0.467 e. The van der Waals surface area contributed by atoms with Gasteiger partial charge >= 0.3 is 0 Å². The Morgan fingerprint density at radius 1 is 1.41 bits per heavy atom. The van der Waals surface area contributed by atoms with E-state index in [-0.39, 0.29) is 11.9 Å². The van der Waals surface area contributed by atoms with Crippen LogP contribution < -0.4 is 5.73 Å². The van der Waals surface area contributed by atoms with Crippen LogP contribution in [0.1, 0.15) is 34.5 Å². The molecular formula is C17H19ClN2O2. The van der Waals surface area contributed by atoms with Gasteiger partial charge in [-0.25, -0.2) is 0 Å². The number of hydrogen-bond acceptors (Lipinski definition) is 3. The smallest absolute Gasteiger partial charge is 0.257 e. The van der Waals surface area contributed by atoms with Gasteiger partial charge in [0, 0.05) is 17.6 Å². The summed E-state index contributed by atoms with van der Waals surface area (Å²) in [5, 5.41) is 0.760. The first-order chi connectivity index (χ1) is 10.7. The summed E-state index contributed by atoms with van der Waals surface area (Å²) in [4.78, 5) is 14.6. The highest BCUT2D eigenvalue weighted by Gasteiger charge is 2.30. The number of rotatable bonds is 4. The minimum atomic E-state index is 0.0120. The van der Waals surface area contributed by atoms with E-state index in [1.165, 1.54) is 6.26 Å². The molecule has 2 N–H and O–H groups in total. The lowest BCUT2D eigenvalue weighted by atomic mass is 10.0. The number of amides is 1. The summed E-state index contributed by atoms with van der Waals surface area (Å²) in [6, 6.07) is 9.72. The number of carbonyl (C=O) groups excluding carboxylic acids is 1. The van der Waals surface area contributed by atoms with Crippen LogP contribution in [0, 0.1) is 0 Å². The maximum atomic E-state index is 12.7. The predicted octanol–water partition coefficient (Wildman–Crippen LogP) is 3.24. The summed E-state index contributed by atoms with van der Waals surface area (Å²) >= 11 is 6.24. The average molecular weight is 319 g/mol. The van der Waals surface area contributed by atoms with Crippen LogP contribution in [0.5, 0.6) is 0 Å². The van der Waals surface area contributed by atoms with Crippen LogP contribution in [0.25, 0.3) is 0 Å². The van der Waals surface area contributed by atoms with Crippen LogP contribution >= 0.6 is 11.6 Å². The first kappa shape index (κ1) is 15.1. The summed E-state index contributed by atoms with van der Waals surface area (Å²) in [6.07, 6.45) is 4.30. The highest BCUT2D eigenvalue weighted by Crippen LogP contribution is 2.26. The van der Waals surface area contributed by atoms with Gasteiger partial charge in [0.25, 0.3) is 5.91 Å². The molecule has 1 aliphatic rings. The third kappa shape index (κ3) is 3.03. The first-order valence-corrected chi connectivity index (χ1v) is 7.88. The van der Waals surface area contributed by atoms with E-state index in [9.17, 15) is 4.79 Å². The zero-order chi connectivity index (χ0) is 15.5. The van der Waals surface area contributed by atoms with Crippen molar-refractivity contribution in [2.24, 2.45) is 5.73 Å². The second-order valence-corrected chi connectivity index (χ2v) is 6.00. The molecule has 1 saturated heterocycles. The number of nitrogens with zero attached hydrogens (tertiary/aromatic N) is 1. The summed E-state index contributed by atoms with van der Waals surface area (Å²) in [6.45, 7) is 1.08. The normalized spacial score (nSPS) is 17.9. The Labute approximate surface area is 134 Å². The molecule has 3 rings (SSSR count).